The average Bonchev–Trinajstić information content (AvgIpc) is 3.18. The summed E-state index contributed by atoms with van der Waals surface area (Å²) in [6.45, 7) is 1.97. The summed E-state index contributed by atoms with van der Waals surface area (Å²) in [4.78, 5) is 21.7. The Morgan fingerprint density at radius 1 is 1.17 bits per heavy atom. The summed E-state index contributed by atoms with van der Waals surface area (Å²) in [7, 11) is 1.58. The van der Waals surface area contributed by atoms with Crippen LogP contribution >= 0.6 is 11.3 Å². The van der Waals surface area contributed by atoms with Gasteiger partial charge >= 0.3 is 0 Å². The topological polar surface area (TPSA) is 84.3 Å². The molecule has 0 unspecified atom stereocenters. The number of phenols is 1. The molecular weight excluding hydrogens is 386 g/mol. The van der Waals surface area contributed by atoms with Gasteiger partial charge in [-0.3, -0.25) is 4.79 Å². The lowest BCUT2D eigenvalue weighted by Gasteiger charge is -2.16. The molecular formula is C22H19N3O3S. The number of carbonyl (C=O) groups is 1. The second-order valence-corrected chi connectivity index (χ2v) is 7.58. The number of hydrogen-bond acceptors (Lipinski definition) is 7. The molecule has 146 valence electrons. The highest BCUT2D eigenvalue weighted by Gasteiger charge is 2.16. The molecule has 0 aliphatic rings. The molecule has 29 heavy (non-hydrogen) atoms. The zero-order valence-corrected chi connectivity index (χ0v) is 16.7. The van der Waals surface area contributed by atoms with E-state index in [1.165, 1.54) is 17.7 Å². The van der Waals surface area contributed by atoms with Crippen LogP contribution in [0.3, 0.4) is 0 Å². The number of aromatic hydroxyl groups is 1. The van der Waals surface area contributed by atoms with Crippen LogP contribution in [0.15, 0.2) is 54.9 Å². The minimum atomic E-state index is -0.140. The van der Waals surface area contributed by atoms with Gasteiger partial charge in [0.2, 0.25) is 0 Å². The molecule has 7 heteroatoms. The number of benzene rings is 2. The van der Waals surface area contributed by atoms with Crippen molar-refractivity contribution in [2.45, 2.75) is 13.0 Å². The number of aldehydes is 1. The standard InChI is InChI=1S/C22H19N3O3S/c1-13(15-5-3-4-6-18(15)27)25-21-17-10-20(29-22(17)24-12-23-21)16-8-7-14(11-26)9-19(16)28-2/h3-13,27H,1-2H3,(H,23,24,25)/t13-/m0/s1. The van der Waals surface area contributed by atoms with Crippen LogP contribution in [0.2, 0.25) is 0 Å². The quantitative estimate of drug-likeness (QED) is 0.436. The molecule has 0 aliphatic carbocycles. The smallest absolute Gasteiger partial charge is 0.150 e. The number of carbonyl (C=O) groups excluding carboxylic acids is 1. The third-order valence-electron chi connectivity index (χ3n) is 4.71. The van der Waals surface area contributed by atoms with E-state index in [2.05, 4.69) is 15.3 Å². The van der Waals surface area contributed by atoms with Crippen LogP contribution in [0, 0.1) is 0 Å². The van der Waals surface area contributed by atoms with Gasteiger partial charge in [-0.15, -0.1) is 11.3 Å². The molecule has 0 radical (unpaired) electrons. The zero-order chi connectivity index (χ0) is 20.4. The first kappa shape index (κ1) is 18.9. The highest BCUT2D eigenvalue weighted by Crippen LogP contribution is 2.40. The van der Waals surface area contributed by atoms with E-state index in [4.69, 9.17) is 4.74 Å². The number of nitrogens with one attached hydrogen (secondary N) is 1. The van der Waals surface area contributed by atoms with Crippen molar-refractivity contribution in [1.29, 1.82) is 0 Å². The van der Waals surface area contributed by atoms with E-state index in [9.17, 15) is 9.90 Å². The molecule has 0 fully saturated rings. The summed E-state index contributed by atoms with van der Waals surface area (Å²) < 4.78 is 5.47. The molecule has 2 N–H and O–H groups in total. The number of fused-ring (bicyclic) bond motifs is 1. The fraction of sp³-hybridized carbons (Fsp3) is 0.136. The predicted molar refractivity (Wildman–Crippen MR) is 115 cm³/mol. The Morgan fingerprint density at radius 2 is 2.00 bits per heavy atom. The Morgan fingerprint density at radius 3 is 2.76 bits per heavy atom. The molecule has 0 bridgehead atoms. The number of rotatable bonds is 6. The molecule has 0 aliphatic heterocycles. The lowest BCUT2D eigenvalue weighted by atomic mass is 10.1. The molecule has 4 rings (SSSR count). The summed E-state index contributed by atoms with van der Waals surface area (Å²) in [5.74, 6) is 1.56. The number of methoxy groups -OCH3 is 1. The van der Waals surface area contributed by atoms with Crippen molar-refractivity contribution in [1.82, 2.24) is 9.97 Å². The van der Waals surface area contributed by atoms with Crippen LogP contribution in [0.4, 0.5) is 5.82 Å². The van der Waals surface area contributed by atoms with Crippen LogP contribution in [-0.4, -0.2) is 28.5 Å². The minimum Gasteiger partial charge on any atom is -0.508 e. The maximum atomic E-state index is 11.1. The van der Waals surface area contributed by atoms with Crippen LogP contribution in [0.5, 0.6) is 11.5 Å². The van der Waals surface area contributed by atoms with Gasteiger partial charge in [0.1, 0.15) is 34.8 Å². The van der Waals surface area contributed by atoms with Crippen LogP contribution in [-0.2, 0) is 0 Å². The van der Waals surface area contributed by atoms with E-state index in [1.54, 1.807) is 31.4 Å². The van der Waals surface area contributed by atoms with E-state index in [0.29, 0.717) is 17.1 Å². The summed E-state index contributed by atoms with van der Waals surface area (Å²) in [6, 6.07) is 14.5. The van der Waals surface area contributed by atoms with Crippen molar-refractivity contribution in [2.75, 3.05) is 12.4 Å². The molecule has 2 aromatic heterocycles. The molecule has 2 heterocycles. The molecule has 0 saturated heterocycles. The number of thiophene rings is 1. The van der Waals surface area contributed by atoms with E-state index in [1.807, 2.05) is 31.2 Å². The number of anilines is 1. The van der Waals surface area contributed by atoms with Crippen molar-refractivity contribution in [3.05, 3.63) is 66.0 Å². The van der Waals surface area contributed by atoms with Gasteiger partial charge in [-0.2, -0.15) is 0 Å². The fourth-order valence-electron chi connectivity index (χ4n) is 3.22. The number of para-hydroxylation sites is 1. The van der Waals surface area contributed by atoms with Gasteiger partial charge in [0, 0.05) is 21.6 Å². The van der Waals surface area contributed by atoms with Crippen molar-refractivity contribution in [2.24, 2.45) is 0 Å². The Balaban J connectivity index is 1.73. The fourth-order valence-corrected chi connectivity index (χ4v) is 4.25. The van der Waals surface area contributed by atoms with Crippen LogP contribution in [0.1, 0.15) is 28.9 Å². The second kappa shape index (κ2) is 7.89. The third kappa shape index (κ3) is 3.64. The van der Waals surface area contributed by atoms with Gasteiger partial charge in [-0.1, -0.05) is 24.3 Å². The maximum Gasteiger partial charge on any atom is 0.150 e. The summed E-state index contributed by atoms with van der Waals surface area (Å²) in [5.41, 5.74) is 2.24. The highest BCUT2D eigenvalue weighted by atomic mass is 32.1. The first-order valence-electron chi connectivity index (χ1n) is 9.03. The molecule has 1 atom stereocenters. The first-order chi connectivity index (χ1) is 14.1. The lowest BCUT2D eigenvalue weighted by molar-refractivity contribution is 0.112. The molecule has 2 aromatic carbocycles. The molecule has 0 amide bonds. The van der Waals surface area contributed by atoms with Crippen molar-refractivity contribution in [3.8, 4) is 21.9 Å². The van der Waals surface area contributed by atoms with Gasteiger partial charge in [0.15, 0.2) is 0 Å². The Kier molecular flexibility index (Phi) is 5.14. The number of aromatic nitrogens is 2. The Labute approximate surface area is 171 Å². The first-order valence-corrected chi connectivity index (χ1v) is 9.85. The molecule has 0 saturated carbocycles. The van der Waals surface area contributed by atoms with Crippen molar-refractivity contribution < 1.29 is 14.6 Å². The summed E-state index contributed by atoms with van der Waals surface area (Å²) in [6.07, 6.45) is 2.32. The Hall–Kier alpha value is -3.45. The van der Waals surface area contributed by atoms with E-state index in [-0.39, 0.29) is 11.8 Å². The summed E-state index contributed by atoms with van der Waals surface area (Å²) >= 11 is 1.52. The SMILES string of the molecule is COc1cc(C=O)ccc1-c1cc2c(N[C@@H](C)c3ccccc3O)ncnc2s1. The normalized spacial score (nSPS) is 11.9. The summed E-state index contributed by atoms with van der Waals surface area (Å²) in [5, 5.41) is 14.4. The van der Waals surface area contributed by atoms with Gasteiger partial charge in [0.05, 0.1) is 18.5 Å². The molecule has 0 spiro atoms. The molecule has 4 aromatic rings. The number of phenolic OH excluding ortho intramolecular Hbond substituents is 1. The van der Waals surface area contributed by atoms with Crippen LogP contribution in [0.25, 0.3) is 20.7 Å². The monoisotopic (exact) mass is 405 g/mol. The number of ether oxygens (including phenoxy) is 1. The zero-order valence-electron chi connectivity index (χ0n) is 15.9. The minimum absolute atomic E-state index is 0.140. The third-order valence-corrected chi connectivity index (χ3v) is 5.79. The maximum absolute atomic E-state index is 11.1. The van der Waals surface area contributed by atoms with Crippen LogP contribution < -0.4 is 10.1 Å². The van der Waals surface area contributed by atoms with Crippen molar-refractivity contribution in [3.63, 3.8) is 0 Å². The average molecular weight is 405 g/mol. The highest BCUT2D eigenvalue weighted by molar-refractivity contribution is 7.22. The number of hydrogen-bond donors (Lipinski definition) is 2. The molecule has 6 nitrogen and oxygen atoms in total. The Bertz CT molecular complexity index is 1190. The van der Waals surface area contributed by atoms with Gasteiger partial charge < -0.3 is 15.2 Å². The van der Waals surface area contributed by atoms with Gasteiger partial charge in [-0.25, -0.2) is 9.97 Å². The van der Waals surface area contributed by atoms with Crippen molar-refractivity contribution >= 4 is 33.7 Å². The van der Waals surface area contributed by atoms with E-state index in [0.717, 1.165) is 32.5 Å². The second-order valence-electron chi connectivity index (χ2n) is 6.55. The van der Waals surface area contributed by atoms with Gasteiger partial charge in [-0.05, 0) is 31.2 Å². The largest absolute Gasteiger partial charge is 0.508 e. The number of nitrogens with zero attached hydrogens (tertiary/aromatic N) is 2. The lowest BCUT2D eigenvalue weighted by Crippen LogP contribution is -2.08. The predicted octanol–water partition coefficient (Wildman–Crippen LogP) is 5.06. The van der Waals surface area contributed by atoms with E-state index < -0.39 is 0 Å². The van der Waals surface area contributed by atoms with Gasteiger partial charge in [0.25, 0.3) is 0 Å². The van der Waals surface area contributed by atoms with E-state index >= 15 is 0 Å².